The number of hydrogen-bond donors (Lipinski definition) is 2. The molecule has 2 aromatic carbocycles. The highest BCUT2D eigenvalue weighted by Crippen LogP contribution is 2.22. The maximum absolute atomic E-state index is 13.1. The molecule has 1 atom stereocenters. The first-order chi connectivity index (χ1) is 15.9. The second-order valence-electron chi connectivity index (χ2n) is 7.67. The summed E-state index contributed by atoms with van der Waals surface area (Å²) in [7, 11) is -3.92. The van der Waals surface area contributed by atoms with Gasteiger partial charge in [0.15, 0.2) is 0 Å². The van der Waals surface area contributed by atoms with Gasteiger partial charge in [0, 0.05) is 25.5 Å². The molecule has 176 valence electrons. The molecule has 3 rings (SSSR count). The zero-order chi connectivity index (χ0) is 23.7. The Hall–Kier alpha value is -3.17. The molecule has 0 saturated heterocycles. The highest BCUT2D eigenvalue weighted by molar-refractivity contribution is 7.89. The van der Waals surface area contributed by atoms with Crippen molar-refractivity contribution in [3.8, 4) is 5.75 Å². The van der Waals surface area contributed by atoms with E-state index in [1.807, 2.05) is 48.0 Å². The van der Waals surface area contributed by atoms with Crippen LogP contribution in [0.1, 0.15) is 24.5 Å². The molecule has 0 aliphatic carbocycles. The minimum atomic E-state index is -3.92. The van der Waals surface area contributed by atoms with Crippen LogP contribution in [-0.2, 0) is 27.8 Å². The van der Waals surface area contributed by atoms with E-state index in [-0.39, 0.29) is 17.2 Å². The van der Waals surface area contributed by atoms with Gasteiger partial charge in [0.2, 0.25) is 15.9 Å². The smallest absolute Gasteiger partial charge is 0.241 e. The first kappa shape index (κ1) is 24.5. The summed E-state index contributed by atoms with van der Waals surface area (Å²) in [5.41, 5.74) is 1.57. The highest BCUT2D eigenvalue weighted by atomic mass is 32.2. The number of imidazole rings is 1. The molecule has 1 heterocycles. The molecule has 0 aliphatic heterocycles. The molecule has 0 radical (unpaired) electrons. The number of benzene rings is 2. The molecule has 1 amide bonds. The van der Waals surface area contributed by atoms with E-state index >= 15 is 0 Å². The van der Waals surface area contributed by atoms with Crippen LogP contribution in [0.3, 0.4) is 0 Å². The van der Waals surface area contributed by atoms with Crippen molar-refractivity contribution in [2.45, 2.75) is 44.2 Å². The second-order valence-corrected chi connectivity index (χ2v) is 9.38. The number of hydrogen-bond acceptors (Lipinski definition) is 5. The van der Waals surface area contributed by atoms with E-state index in [4.69, 9.17) is 4.74 Å². The van der Waals surface area contributed by atoms with Crippen LogP contribution in [0.25, 0.3) is 0 Å². The molecular weight excluding hydrogens is 440 g/mol. The lowest BCUT2D eigenvalue weighted by atomic mass is 10.1. The third kappa shape index (κ3) is 7.16. The van der Waals surface area contributed by atoms with Gasteiger partial charge in [-0.05, 0) is 56.0 Å². The number of ether oxygens (including phenoxy) is 1. The zero-order valence-corrected chi connectivity index (χ0v) is 19.7. The monoisotopic (exact) mass is 470 g/mol. The van der Waals surface area contributed by atoms with Crippen molar-refractivity contribution in [2.75, 3.05) is 13.2 Å². The summed E-state index contributed by atoms with van der Waals surface area (Å²) in [5, 5.41) is 2.86. The second kappa shape index (κ2) is 11.6. The first-order valence-corrected chi connectivity index (χ1v) is 12.4. The molecule has 33 heavy (non-hydrogen) atoms. The van der Waals surface area contributed by atoms with E-state index in [1.54, 1.807) is 31.6 Å². The summed E-state index contributed by atoms with van der Waals surface area (Å²) in [6.45, 7) is 5.28. The Morgan fingerprint density at radius 3 is 2.64 bits per heavy atom. The number of aryl methyl sites for hydroxylation is 2. The van der Waals surface area contributed by atoms with Crippen LogP contribution >= 0.6 is 0 Å². The zero-order valence-electron chi connectivity index (χ0n) is 18.9. The maximum atomic E-state index is 13.1. The standard InChI is InChI=1S/C24H30N4O4S/c1-3-32-23-11-10-21(16-19(23)2)33(30,31)27-22(17-20-8-5-4-6-9-20)24(29)26-12-7-14-28-15-13-25-18-28/h4-6,8-11,13,15-16,18,22,27H,3,7,12,14,17H2,1-2H3,(H,26,29)/t22-/m1/s1. The number of nitrogens with one attached hydrogen (secondary N) is 2. The van der Waals surface area contributed by atoms with Gasteiger partial charge in [0.1, 0.15) is 11.8 Å². The predicted octanol–water partition coefficient (Wildman–Crippen LogP) is 2.69. The number of carbonyl (C=O) groups excluding carboxylic acids is 1. The summed E-state index contributed by atoms with van der Waals surface area (Å²) in [5.74, 6) is 0.267. The fraction of sp³-hybridized carbons (Fsp3) is 0.333. The van der Waals surface area contributed by atoms with Crippen LogP contribution < -0.4 is 14.8 Å². The summed E-state index contributed by atoms with van der Waals surface area (Å²) in [6.07, 6.45) is 6.21. The molecule has 3 aromatic rings. The van der Waals surface area contributed by atoms with Crippen LogP contribution in [-0.4, -0.2) is 43.1 Å². The van der Waals surface area contributed by atoms with Crippen molar-refractivity contribution in [3.05, 3.63) is 78.4 Å². The van der Waals surface area contributed by atoms with Crippen molar-refractivity contribution in [1.29, 1.82) is 0 Å². The van der Waals surface area contributed by atoms with Gasteiger partial charge in [-0.15, -0.1) is 0 Å². The Morgan fingerprint density at radius 2 is 1.97 bits per heavy atom. The summed E-state index contributed by atoms with van der Waals surface area (Å²) < 4.78 is 36.2. The fourth-order valence-corrected chi connectivity index (χ4v) is 4.70. The van der Waals surface area contributed by atoms with Crippen LogP contribution in [0, 0.1) is 6.92 Å². The Kier molecular flexibility index (Phi) is 8.62. The molecule has 0 spiro atoms. The fourth-order valence-electron chi connectivity index (χ4n) is 3.41. The Labute approximate surface area is 195 Å². The topological polar surface area (TPSA) is 102 Å². The molecule has 2 N–H and O–H groups in total. The molecule has 1 aromatic heterocycles. The van der Waals surface area contributed by atoms with Gasteiger partial charge in [0.05, 0.1) is 17.8 Å². The largest absolute Gasteiger partial charge is 0.494 e. The molecule has 9 heteroatoms. The van der Waals surface area contributed by atoms with E-state index in [0.29, 0.717) is 37.4 Å². The maximum Gasteiger partial charge on any atom is 0.241 e. The van der Waals surface area contributed by atoms with Crippen molar-refractivity contribution in [1.82, 2.24) is 19.6 Å². The molecule has 0 unspecified atom stereocenters. The Bertz CT molecular complexity index is 1130. The lowest BCUT2D eigenvalue weighted by Gasteiger charge is -2.19. The van der Waals surface area contributed by atoms with Crippen LogP contribution in [0.15, 0.2) is 72.1 Å². The van der Waals surface area contributed by atoms with Crippen LogP contribution in [0.2, 0.25) is 0 Å². The minimum Gasteiger partial charge on any atom is -0.494 e. The third-order valence-corrected chi connectivity index (χ3v) is 6.57. The average molecular weight is 471 g/mol. The van der Waals surface area contributed by atoms with Crippen LogP contribution in [0.5, 0.6) is 5.75 Å². The van der Waals surface area contributed by atoms with Crippen molar-refractivity contribution in [2.24, 2.45) is 0 Å². The molecule has 0 aliphatic rings. The minimum absolute atomic E-state index is 0.0921. The first-order valence-electron chi connectivity index (χ1n) is 10.9. The van der Waals surface area contributed by atoms with Gasteiger partial charge >= 0.3 is 0 Å². The van der Waals surface area contributed by atoms with Gasteiger partial charge in [-0.25, -0.2) is 13.4 Å². The van der Waals surface area contributed by atoms with Gasteiger partial charge in [-0.1, -0.05) is 30.3 Å². The number of nitrogens with zero attached hydrogens (tertiary/aromatic N) is 2. The molecule has 0 bridgehead atoms. The summed E-state index contributed by atoms with van der Waals surface area (Å²) in [6, 6.07) is 13.1. The summed E-state index contributed by atoms with van der Waals surface area (Å²) >= 11 is 0. The average Bonchev–Trinajstić information content (AvgIpc) is 3.32. The van der Waals surface area contributed by atoms with E-state index < -0.39 is 16.1 Å². The number of aromatic nitrogens is 2. The molecule has 0 saturated carbocycles. The Morgan fingerprint density at radius 1 is 1.18 bits per heavy atom. The third-order valence-electron chi connectivity index (χ3n) is 5.10. The normalized spacial score (nSPS) is 12.3. The van der Waals surface area contributed by atoms with Gasteiger partial charge in [-0.2, -0.15) is 4.72 Å². The highest BCUT2D eigenvalue weighted by Gasteiger charge is 2.26. The van der Waals surface area contributed by atoms with E-state index in [2.05, 4.69) is 15.0 Å². The lowest BCUT2D eigenvalue weighted by molar-refractivity contribution is -0.122. The Balaban J connectivity index is 1.71. The molecule has 0 fully saturated rings. The summed E-state index contributed by atoms with van der Waals surface area (Å²) in [4.78, 5) is 17.0. The van der Waals surface area contributed by atoms with Gasteiger partial charge < -0.3 is 14.6 Å². The van der Waals surface area contributed by atoms with Crippen LogP contribution in [0.4, 0.5) is 0 Å². The predicted molar refractivity (Wildman–Crippen MR) is 126 cm³/mol. The number of rotatable bonds is 12. The van der Waals surface area contributed by atoms with E-state index in [1.165, 1.54) is 6.07 Å². The number of sulfonamides is 1. The van der Waals surface area contributed by atoms with Crippen molar-refractivity contribution >= 4 is 15.9 Å². The molecule has 8 nitrogen and oxygen atoms in total. The van der Waals surface area contributed by atoms with E-state index in [0.717, 1.165) is 5.56 Å². The SMILES string of the molecule is CCOc1ccc(S(=O)(=O)N[C@H](Cc2ccccc2)C(=O)NCCCn2ccnc2)cc1C. The van der Waals surface area contributed by atoms with Gasteiger partial charge in [-0.3, -0.25) is 4.79 Å². The van der Waals surface area contributed by atoms with Crippen molar-refractivity contribution < 1.29 is 17.9 Å². The van der Waals surface area contributed by atoms with Gasteiger partial charge in [0.25, 0.3) is 0 Å². The quantitative estimate of drug-likeness (QED) is 0.396. The molecular formula is C24H30N4O4S. The van der Waals surface area contributed by atoms with Crippen molar-refractivity contribution in [3.63, 3.8) is 0 Å². The number of amides is 1. The number of carbonyl (C=O) groups is 1. The lowest BCUT2D eigenvalue weighted by Crippen LogP contribution is -2.48. The van der Waals surface area contributed by atoms with E-state index in [9.17, 15) is 13.2 Å².